The van der Waals surface area contributed by atoms with Crippen molar-refractivity contribution < 1.29 is 14.3 Å². The van der Waals surface area contributed by atoms with Crippen LogP contribution in [-0.4, -0.2) is 36.2 Å². The van der Waals surface area contributed by atoms with E-state index in [0.717, 1.165) is 23.1 Å². The molecule has 0 N–H and O–H groups in total. The number of halogens is 1. The van der Waals surface area contributed by atoms with Crippen LogP contribution in [0.3, 0.4) is 0 Å². The molecule has 2 aliphatic heterocycles. The van der Waals surface area contributed by atoms with Gasteiger partial charge in [0.2, 0.25) is 0 Å². The molecule has 0 unspecified atom stereocenters. The van der Waals surface area contributed by atoms with E-state index in [2.05, 4.69) is 84.9 Å². The van der Waals surface area contributed by atoms with Crippen LogP contribution in [-0.2, 0) is 14.9 Å². The molecule has 4 atom stereocenters. The number of morpholine rings is 1. The first-order chi connectivity index (χ1) is 14.7. The fourth-order valence-corrected chi connectivity index (χ4v) is 5.05. The van der Waals surface area contributed by atoms with Gasteiger partial charge in [-0.2, -0.15) is 0 Å². The molecule has 2 aromatic rings. The number of hydrogen-bond donors (Lipinski definition) is 0. The van der Waals surface area contributed by atoms with E-state index in [0.29, 0.717) is 19.1 Å². The lowest BCUT2D eigenvalue weighted by Gasteiger charge is -2.48. The summed E-state index contributed by atoms with van der Waals surface area (Å²) < 4.78 is 12.9. The minimum atomic E-state index is -0.269. The average Bonchev–Trinajstić information content (AvgIpc) is 2.73. The number of rotatable bonds is 4. The second kappa shape index (κ2) is 8.95. The summed E-state index contributed by atoms with van der Waals surface area (Å²) in [5.74, 6) is 1.18. The van der Waals surface area contributed by atoms with Crippen molar-refractivity contribution in [2.75, 3.05) is 13.2 Å². The van der Waals surface area contributed by atoms with Crippen LogP contribution in [0.25, 0.3) is 0 Å². The molecule has 0 aromatic heterocycles. The molecule has 0 bridgehead atoms. The lowest BCUT2D eigenvalue weighted by Crippen LogP contribution is -2.58. The minimum Gasteiger partial charge on any atom is -0.490 e. The average molecular weight is 486 g/mol. The van der Waals surface area contributed by atoms with E-state index in [1.54, 1.807) is 0 Å². The predicted octanol–water partition coefficient (Wildman–Crippen LogP) is 5.89. The van der Waals surface area contributed by atoms with Crippen molar-refractivity contribution in [3.05, 3.63) is 64.1 Å². The Kier molecular flexibility index (Phi) is 6.45. The zero-order valence-corrected chi connectivity index (χ0v) is 20.4. The fourth-order valence-electron chi connectivity index (χ4n) is 4.78. The lowest BCUT2D eigenvalue weighted by atomic mass is 9.82. The summed E-state index contributed by atoms with van der Waals surface area (Å²) in [6.45, 7) is 9.94. The zero-order chi connectivity index (χ0) is 22.2. The summed E-state index contributed by atoms with van der Waals surface area (Å²) in [7, 11) is 0. The van der Waals surface area contributed by atoms with Crippen molar-refractivity contribution in [2.24, 2.45) is 5.92 Å². The maximum absolute atomic E-state index is 12.8. The van der Waals surface area contributed by atoms with Gasteiger partial charge in [0.15, 0.2) is 0 Å². The van der Waals surface area contributed by atoms with Gasteiger partial charge >= 0.3 is 5.97 Å². The Morgan fingerprint density at radius 1 is 1.06 bits per heavy atom. The largest absolute Gasteiger partial charge is 0.490 e. The molecule has 0 aliphatic carbocycles. The molecule has 2 saturated heterocycles. The maximum atomic E-state index is 12.8. The van der Waals surface area contributed by atoms with Gasteiger partial charge in [-0.25, -0.2) is 0 Å². The van der Waals surface area contributed by atoms with Gasteiger partial charge in [0.05, 0.1) is 0 Å². The van der Waals surface area contributed by atoms with Crippen molar-refractivity contribution in [3.63, 3.8) is 0 Å². The van der Waals surface area contributed by atoms with Gasteiger partial charge in [-0.1, -0.05) is 67.9 Å². The van der Waals surface area contributed by atoms with Crippen molar-refractivity contribution >= 4 is 21.9 Å². The molecule has 2 fully saturated rings. The van der Waals surface area contributed by atoms with Gasteiger partial charge in [-0.15, -0.1) is 0 Å². The Labute approximate surface area is 194 Å². The minimum absolute atomic E-state index is 0.111. The van der Waals surface area contributed by atoms with Crippen LogP contribution in [0.2, 0.25) is 0 Å². The van der Waals surface area contributed by atoms with Gasteiger partial charge in [0.25, 0.3) is 0 Å². The first-order valence-electron chi connectivity index (χ1n) is 11.2. The van der Waals surface area contributed by atoms with E-state index in [9.17, 15) is 4.79 Å². The monoisotopic (exact) mass is 485 g/mol. The topological polar surface area (TPSA) is 38.8 Å². The van der Waals surface area contributed by atoms with Gasteiger partial charge in [-0.3, -0.25) is 9.69 Å². The van der Waals surface area contributed by atoms with Gasteiger partial charge < -0.3 is 9.47 Å². The highest BCUT2D eigenvalue weighted by Gasteiger charge is 2.45. The summed E-state index contributed by atoms with van der Waals surface area (Å²) in [6.07, 6.45) is 1.61. The Balaban J connectivity index is 1.46. The molecule has 2 aliphatic rings. The third kappa shape index (κ3) is 4.98. The Hall–Kier alpha value is -1.85. The number of carbonyl (C=O) groups excluding carboxylic acids is 1. The third-order valence-electron chi connectivity index (χ3n) is 6.53. The van der Waals surface area contributed by atoms with Gasteiger partial charge in [-0.05, 0) is 59.6 Å². The Morgan fingerprint density at radius 3 is 2.39 bits per heavy atom. The van der Waals surface area contributed by atoms with E-state index in [1.165, 1.54) is 11.1 Å². The van der Waals surface area contributed by atoms with Crippen LogP contribution in [0.15, 0.2) is 53.0 Å². The number of benzene rings is 2. The number of fused-ring (bicyclic) bond motifs is 1. The first-order valence-corrected chi connectivity index (χ1v) is 12.0. The molecule has 0 spiro atoms. The van der Waals surface area contributed by atoms with Crippen LogP contribution in [0.1, 0.15) is 57.7 Å². The van der Waals surface area contributed by atoms with Crippen LogP contribution in [0.5, 0.6) is 5.75 Å². The van der Waals surface area contributed by atoms with E-state index in [-0.39, 0.29) is 29.6 Å². The van der Waals surface area contributed by atoms with Crippen molar-refractivity contribution in [1.29, 1.82) is 0 Å². The molecule has 4 rings (SSSR count). The normalized spacial score (nSPS) is 26.8. The predicted molar refractivity (Wildman–Crippen MR) is 126 cm³/mol. The van der Waals surface area contributed by atoms with E-state index >= 15 is 0 Å². The van der Waals surface area contributed by atoms with Crippen molar-refractivity contribution in [1.82, 2.24) is 4.90 Å². The maximum Gasteiger partial charge on any atom is 0.323 e. The van der Waals surface area contributed by atoms with Crippen molar-refractivity contribution in [2.45, 2.75) is 64.1 Å². The highest BCUT2D eigenvalue weighted by atomic mass is 79.9. The number of hydrogen-bond acceptors (Lipinski definition) is 4. The molecule has 0 amide bonds. The molecular formula is C26H32BrNO3. The second-order valence-corrected chi connectivity index (χ2v) is 10.8. The highest BCUT2D eigenvalue weighted by molar-refractivity contribution is 9.10. The third-order valence-corrected chi connectivity index (χ3v) is 7.06. The molecule has 166 valence electrons. The molecule has 5 heteroatoms. The van der Waals surface area contributed by atoms with Crippen LogP contribution >= 0.6 is 15.9 Å². The molecular weight excluding hydrogens is 454 g/mol. The quantitative estimate of drug-likeness (QED) is 0.505. The SMILES string of the molecule is C[C@@H]1CC[C@H]2C(=O)O[C@H](COc3ccc(C(C)(C)C)cc3)CN2[C@H]1c1ccc(Br)cc1. The standard InChI is InChI=1S/C26H32BrNO3/c1-17-5-14-23-25(29)31-22(15-28(23)24(17)18-6-10-20(27)11-7-18)16-30-21-12-8-19(9-13-21)26(2,3)4/h6-13,17,22-24H,5,14-16H2,1-4H3/t17-,22+,23+,24-/m1/s1. The van der Waals surface area contributed by atoms with Gasteiger partial charge in [0.1, 0.15) is 24.5 Å². The van der Waals surface area contributed by atoms with E-state index < -0.39 is 0 Å². The molecule has 0 radical (unpaired) electrons. The van der Waals surface area contributed by atoms with Crippen LogP contribution in [0, 0.1) is 5.92 Å². The molecule has 4 nitrogen and oxygen atoms in total. The van der Waals surface area contributed by atoms with E-state index in [4.69, 9.17) is 9.47 Å². The lowest BCUT2D eigenvalue weighted by molar-refractivity contribution is -0.176. The highest BCUT2D eigenvalue weighted by Crippen LogP contribution is 2.41. The van der Waals surface area contributed by atoms with Crippen LogP contribution in [0.4, 0.5) is 0 Å². The first kappa shape index (κ1) is 22.3. The van der Waals surface area contributed by atoms with Crippen LogP contribution < -0.4 is 4.74 Å². The zero-order valence-electron chi connectivity index (χ0n) is 18.8. The molecule has 0 saturated carbocycles. The number of cyclic esters (lactones) is 1. The van der Waals surface area contributed by atoms with Crippen molar-refractivity contribution in [3.8, 4) is 5.75 Å². The summed E-state index contributed by atoms with van der Waals surface area (Å²) in [5, 5.41) is 0. The number of carbonyl (C=O) groups is 1. The summed E-state index contributed by atoms with van der Waals surface area (Å²) in [6, 6.07) is 16.8. The Morgan fingerprint density at radius 2 is 1.74 bits per heavy atom. The summed E-state index contributed by atoms with van der Waals surface area (Å²) >= 11 is 3.53. The molecule has 31 heavy (non-hydrogen) atoms. The molecule has 2 aromatic carbocycles. The smallest absolute Gasteiger partial charge is 0.323 e. The van der Waals surface area contributed by atoms with Gasteiger partial charge in [0, 0.05) is 17.1 Å². The Bertz CT molecular complexity index is 904. The fraction of sp³-hybridized carbons (Fsp3) is 0.500. The molecule has 2 heterocycles. The number of esters is 1. The number of piperidine rings is 1. The second-order valence-electron chi connectivity index (χ2n) is 9.91. The van der Waals surface area contributed by atoms with E-state index in [1.807, 2.05) is 12.1 Å². The number of nitrogens with zero attached hydrogens (tertiary/aromatic N) is 1. The summed E-state index contributed by atoms with van der Waals surface area (Å²) in [5.41, 5.74) is 2.64. The number of ether oxygens (including phenoxy) is 2. The summed E-state index contributed by atoms with van der Waals surface area (Å²) in [4.78, 5) is 15.2.